The number of halogens is 2. The Balaban J connectivity index is 0.00000341. The highest BCUT2D eigenvalue weighted by Crippen LogP contribution is 2.30. The molecule has 0 atom stereocenters. The predicted octanol–water partition coefficient (Wildman–Crippen LogP) is 4.76. The van der Waals surface area contributed by atoms with Crippen molar-refractivity contribution in [1.82, 2.24) is 9.88 Å². The Morgan fingerprint density at radius 3 is 2.55 bits per heavy atom. The molecular formula is C21H22ClFN4O3S. The van der Waals surface area contributed by atoms with Crippen molar-refractivity contribution >= 4 is 56.8 Å². The number of benzene rings is 2. The molecule has 164 valence electrons. The SMILES string of the molecule is CN(C)CCCN(C(=O)C=Cc1ccc([N+](=O)[O-])cc1)c1nc2ccc(F)cc2s1.Cl. The fourth-order valence-corrected chi connectivity index (χ4v) is 3.83. The number of rotatable bonds is 8. The molecule has 0 aliphatic heterocycles. The zero-order valence-corrected chi connectivity index (χ0v) is 18.7. The molecule has 3 aromatic rings. The maximum absolute atomic E-state index is 13.5. The second-order valence-corrected chi connectivity index (χ2v) is 7.95. The van der Waals surface area contributed by atoms with Crippen LogP contribution in [0.5, 0.6) is 0 Å². The first-order chi connectivity index (χ1) is 14.3. The first-order valence-electron chi connectivity index (χ1n) is 9.28. The molecule has 31 heavy (non-hydrogen) atoms. The van der Waals surface area contributed by atoms with Crippen molar-refractivity contribution in [1.29, 1.82) is 0 Å². The van der Waals surface area contributed by atoms with Crippen molar-refractivity contribution in [2.75, 3.05) is 32.1 Å². The summed E-state index contributed by atoms with van der Waals surface area (Å²) in [5, 5.41) is 11.3. The Hall–Kier alpha value is -2.88. The molecule has 0 fully saturated rings. The highest BCUT2D eigenvalue weighted by Gasteiger charge is 2.18. The summed E-state index contributed by atoms with van der Waals surface area (Å²) in [6.07, 6.45) is 3.77. The van der Waals surface area contributed by atoms with E-state index in [0.717, 1.165) is 13.0 Å². The summed E-state index contributed by atoms with van der Waals surface area (Å²) in [6.45, 7) is 1.26. The average Bonchev–Trinajstić information content (AvgIpc) is 3.12. The number of hydrogen-bond acceptors (Lipinski definition) is 6. The zero-order valence-electron chi connectivity index (χ0n) is 17.0. The Bertz CT molecular complexity index is 1090. The van der Waals surface area contributed by atoms with Crippen molar-refractivity contribution in [2.45, 2.75) is 6.42 Å². The number of nitro benzene ring substituents is 1. The van der Waals surface area contributed by atoms with Gasteiger partial charge in [0.1, 0.15) is 5.82 Å². The highest BCUT2D eigenvalue weighted by molar-refractivity contribution is 7.22. The molecule has 0 unspecified atom stereocenters. The first-order valence-corrected chi connectivity index (χ1v) is 10.1. The van der Waals surface area contributed by atoms with Crippen molar-refractivity contribution in [3.8, 4) is 0 Å². The lowest BCUT2D eigenvalue weighted by Gasteiger charge is -2.19. The van der Waals surface area contributed by atoms with Crippen LogP contribution in [-0.2, 0) is 4.79 Å². The number of nitro groups is 1. The van der Waals surface area contributed by atoms with Crippen LogP contribution in [0.2, 0.25) is 0 Å². The van der Waals surface area contributed by atoms with Gasteiger partial charge < -0.3 is 4.90 Å². The highest BCUT2D eigenvalue weighted by atomic mass is 35.5. The Morgan fingerprint density at radius 1 is 1.19 bits per heavy atom. The van der Waals surface area contributed by atoms with Gasteiger partial charge in [0, 0.05) is 24.8 Å². The summed E-state index contributed by atoms with van der Waals surface area (Å²) in [4.78, 5) is 31.3. The number of fused-ring (bicyclic) bond motifs is 1. The summed E-state index contributed by atoms with van der Waals surface area (Å²) in [5.74, 6) is -0.604. The van der Waals surface area contributed by atoms with Gasteiger partial charge in [0.05, 0.1) is 15.1 Å². The van der Waals surface area contributed by atoms with Crippen LogP contribution in [0.1, 0.15) is 12.0 Å². The number of non-ortho nitro benzene ring substituents is 1. The van der Waals surface area contributed by atoms with E-state index in [9.17, 15) is 19.3 Å². The molecule has 0 saturated carbocycles. The summed E-state index contributed by atoms with van der Waals surface area (Å²) in [6, 6.07) is 10.3. The summed E-state index contributed by atoms with van der Waals surface area (Å²) in [5.41, 5.74) is 1.31. The van der Waals surface area contributed by atoms with Crippen LogP contribution in [0.15, 0.2) is 48.5 Å². The van der Waals surface area contributed by atoms with E-state index in [2.05, 4.69) is 4.98 Å². The number of carbonyl (C=O) groups is 1. The lowest BCUT2D eigenvalue weighted by Crippen LogP contribution is -2.32. The molecule has 10 heteroatoms. The molecule has 1 amide bonds. The topological polar surface area (TPSA) is 79.6 Å². The number of amides is 1. The van der Waals surface area contributed by atoms with Gasteiger partial charge in [-0.1, -0.05) is 11.3 Å². The third kappa shape index (κ3) is 6.55. The van der Waals surface area contributed by atoms with Gasteiger partial charge in [-0.25, -0.2) is 9.37 Å². The minimum absolute atomic E-state index is 0. The molecule has 0 saturated heterocycles. The molecule has 1 aromatic heterocycles. The second kappa shape index (κ2) is 10.9. The van der Waals surface area contributed by atoms with Crippen LogP contribution < -0.4 is 4.90 Å². The molecular weight excluding hydrogens is 443 g/mol. The zero-order chi connectivity index (χ0) is 21.7. The van der Waals surface area contributed by atoms with E-state index in [0.29, 0.717) is 27.5 Å². The van der Waals surface area contributed by atoms with E-state index in [4.69, 9.17) is 0 Å². The molecule has 3 rings (SSSR count). The van der Waals surface area contributed by atoms with Crippen LogP contribution >= 0.6 is 23.7 Å². The van der Waals surface area contributed by atoms with Crippen molar-refractivity contribution in [3.05, 3.63) is 70.0 Å². The Kier molecular flexibility index (Phi) is 8.61. The smallest absolute Gasteiger partial charge is 0.269 e. The van der Waals surface area contributed by atoms with Crippen molar-refractivity contribution in [2.24, 2.45) is 0 Å². The maximum Gasteiger partial charge on any atom is 0.269 e. The maximum atomic E-state index is 13.5. The lowest BCUT2D eigenvalue weighted by atomic mass is 10.2. The fraction of sp³-hybridized carbons (Fsp3) is 0.238. The van der Waals surface area contributed by atoms with Gasteiger partial charge in [-0.15, -0.1) is 12.4 Å². The number of nitrogens with zero attached hydrogens (tertiary/aromatic N) is 4. The summed E-state index contributed by atoms with van der Waals surface area (Å²) in [7, 11) is 3.92. The summed E-state index contributed by atoms with van der Waals surface area (Å²) < 4.78 is 14.2. The quantitative estimate of drug-likeness (QED) is 0.273. The van der Waals surface area contributed by atoms with Gasteiger partial charge >= 0.3 is 0 Å². The molecule has 1 heterocycles. The number of carbonyl (C=O) groups excluding carboxylic acids is 1. The molecule has 2 aromatic carbocycles. The van der Waals surface area contributed by atoms with Crippen molar-refractivity contribution in [3.63, 3.8) is 0 Å². The van der Waals surface area contributed by atoms with Crippen LogP contribution in [0.25, 0.3) is 16.3 Å². The lowest BCUT2D eigenvalue weighted by molar-refractivity contribution is -0.384. The van der Waals surface area contributed by atoms with Gasteiger partial charge in [0.25, 0.3) is 11.6 Å². The third-order valence-electron chi connectivity index (χ3n) is 4.35. The second-order valence-electron chi connectivity index (χ2n) is 6.94. The van der Waals surface area contributed by atoms with Crippen LogP contribution in [0.3, 0.4) is 0 Å². The standard InChI is InChI=1S/C21H21FN4O3S.ClH/c1-24(2)12-3-13-25(21-23-18-10-7-16(22)14-19(18)30-21)20(27)11-6-15-4-8-17(9-5-15)26(28)29;/h4-11,14H,3,12-13H2,1-2H3;1H. The summed E-state index contributed by atoms with van der Waals surface area (Å²) >= 11 is 1.27. The molecule has 0 spiro atoms. The number of thiazole rings is 1. The van der Waals surface area contributed by atoms with Gasteiger partial charge in [0.2, 0.25) is 0 Å². The van der Waals surface area contributed by atoms with Gasteiger partial charge in [-0.3, -0.25) is 19.8 Å². The minimum Gasteiger partial charge on any atom is -0.309 e. The van der Waals surface area contributed by atoms with E-state index in [1.54, 1.807) is 29.2 Å². The largest absolute Gasteiger partial charge is 0.309 e. The number of hydrogen-bond donors (Lipinski definition) is 0. The van der Waals surface area contributed by atoms with Crippen LogP contribution in [-0.4, -0.2) is 47.9 Å². The van der Waals surface area contributed by atoms with E-state index in [-0.39, 0.29) is 29.8 Å². The molecule has 7 nitrogen and oxygen atoms in total. The van der Waals surface area contributed by atoms with E-state index in [1.807, 2.05) is 19.0 Å². The number of aromatic nitrogens is 1. The molecule has 0 bridgehead atoms. The first kappa shape index (κ1) is 24.4. The Morgan fingerprint density at radius 2 is 1.90 bits per heavy atom. The molecule has 0 aliphatic rings. The van der Waals surface area contributed by atoms with Gasteiger partial charge in [-0.05, 0) is 69.0 Å². The van der Waals surface area contributed by atoms with Crippen molar-refractivity contribution < 1.29 is 14.1 Å². The molecule has 0 radical (unpaired) electrons. The van der Waals surface area contributed by atoms with E-state index in [1.165, 1.54) is 41.7 Å². The van der Waals surface area contributed by atoms with Crippen LogP contribution in [0.4, 0.5) is 15.2 Å². The van der Waals surface area contributed by atoms with Crippen LogP contribution in [0, 0.1) is 15.9 Å². The van der Waals surface area contributed by atoms with E-state index >= 15 is 0 Å². The normalized spacial score (nSPS) is 11.1. The molecule has 0 N–H and O–H groups in total. The van der Waals surface area contributed by atoms with E-state index < -0.39 is 4.92 Å². The molecule has 0 aliphatic carbocycles. The van der Waals surface area contributed by atoms with Gasteiger partial charge in [-0.2, -0.15) is 0 Å². The fourth-order valence-electron chi connectivity index (χ4n) is 2.81. The number of anilines is 1. The Labute approximate surface area is 189 Å². The third-order valence-corrected chi connectivity index (χ3v) is 5.39. The van der Waals surface area contributed by atoms with Gasteiger partial charge in [0.15, 0.2) is 5.13 Å². The average molecular weight is 465 g/mol. The monoisotopic (exact) mass is 464 g/mol. The predicted molar refractivity (Wildman–Crippen MR) is 124 cm³/mol. The minimum atomic E-state index is -0.471.